The molecule has 0 saturated carbocycles. The minimum atomic E-state index is -0.0395. The molecule has 2 unspecified atom stereocenters. The third-order valence-corrected chi connectivity index (χ3v) is 5.63. The molecule has 0 bridgehead atoms. The van der Waals surface area contributed by atoms with Crippen LogP contribution in [0.1, 0.15) is 73.1 Å². The molecule has 2 aliphatic rings. The molecule has 2 fully saturated rings. The fraction of sp³-hybridized carbons (Fsp3) is 0.947. The number of carbonyl (C=O) groups is 1. The molecule has 2 heterocycles. The van der Waals surface area contributed by atoms with Crippen molar-refractivity contribution in [2.24, 2.45) is 11.8 Å². The van der Waals surface area contributed by atoms with E-state index < -0.39 is 0 Å². The van der Waals surface area contributed by atoms with E-state index in [0.717, 1.165) is 25.3 Å². The molecule has 3 heteroatoms. The number of likely N-dealkylation sites (tertiary alicyclic amines) is 2. The van der Waals surface area contributed by atoms with Gasteiger partial charge in [0.05, 0.1) is 0 Å². The Labute approximate surface area is 137 Å². The van der Waals surface area contributed by atoms with Crippen LogP contribution in [0.4, 0.5) is 0 Å². The molecule has 22 heavy (non-hydrogen) atoms. The highest BCUT2D eigenvalue weighted by Gasteiger charge is 2.35. The van der Waals surface area contributed by atoms with E-state index in [0.29, 0.717) is 17.9 Å². The fourth-order valence-corrected chi connectivity index (χ4v) is 4.17. The van der Waals surface area contributed by atoms with Gasteiger partial charge in [0, 0.05) is 31.1 Å². The zero-order chi connectivity index (χ0) is 16.3. The molecule has 0 aromatic rings. The molecule has 3 nitrogen and oxygen atoms in total. The summed E-state index contributed by atoms with van der Waals surface area (Å²) in [5, 5.41) is 0. The first-order valence-corrected chi connectivity index (χ1v) is 9.33. The maximum absolute atomic E-state index is 12.4. The van der Waals surface area contributed by atoms with E-state index in [9.17, 15) is 4.79 Å². The second-order valence-electron chi connectivity index (χ2n) is 8.67. The van der Waals surface area contributed by atoms with Crippen LogP contribution in [0.15, 0.2) is 0 Å². The fourth-order valence-electron chi connectivity index (χ4n) is 4.17. The molecule has 0 aromatic carbocycles. The molecule has 1 amide bonds. The summed E-state index contributed by atoms with van der Waals surface area (Å²) in [4.78, 5) is 17.3. The van der Waals surface area contributed by atoms with E-state index in [1.165, 1.54) is 38.8 Å². The molecule has 0 spiro atoms. The highest BCUT2D eigenvalue weighted by molar-refractivity contribution is 5.77. The van der Waals surface area contributed by atoms with Crippen LogP contribution >= 0.6 is 0 Å². The first-order chi connectivity index (χ1) is 10.3. The summed E-state index contributed by atoms with van der Waals surface area (Å²) in [6.45, 7) is 14.6. The Morgan fingerprint density at radius 3 is 2.27 bits per heavy atom. The third-order valence-electron chi connectivity index (χ3n) is 5.63. The first kappa shape index (κ1) is 17.8. The lowest BCUT2D eigenvalue weighted by Crippen LogP contribution is -2.48. The number of hydrogen-bond donors (Lipinski definition) is 0. The van der Waals surface area contributed by atoms with Crippen molar-refractivity contribution in [1.29, 1.82) is 0 Å². The minimum absolute atomic E-state index is 0.0395. The van der Waals surface area contributed by atoms with Gasteiger partial charge in [-0.15, -0.1) is 0 Å². The van der Waals surface area contributed by atoms with Crippen molar-refractivity contribution in [2.75, 3.05) is 19.6 Å². The molecular weight excluding hydrogens is 272 g/mol. The summed E-state index contributed by atoms with van der Waals surface area (Å²) in [5.41, 5.74) is -0.0395. The Morgan fingerprint density at radius 2 is 1.64 bits per heavy atom. The Kier molecular flexibility index (Phi) is 5.93. The van der Waals surface area contributed by atoms with Gasteiger partial charge in [-0.2, -0.15) is 0 Å². The zero-order valence-electron chi connectivity index (χ0n) is 15.4. The van der Waals surface area contributed by atoms with Crippen molar-refractivity contribution in [3.8, 4) is 0 Å². The summed E-state index contributed by atoms with van der Waals surface area (Å²) in [5.74, 6) is 1.81. The molecule has 0 aliphatic carbocycles. The Balaban J connectivity index is 2.10. The molecule has 0 N–H and O–H groups in total. The van der Waals surface area contributed by atoms with Crippen LogP contribution in [0.3, 0.4) is 0 Å². The Bertz CT molecular complexity index is 372. The van der Waals surface area contributed by atoms with Crippen LogP contribution in [0, 0.1) is 11.8 Å². The van der Waals surface area contributed by atoms with Crippen LogP contribution in [0.5, 0.6) is 0 Å². The van der Waals surface area contributed by atoms with E-state index in [4.69, 9.17) is 0 Å². The normalized spacial score (nSPS) is 29.5. The number of carbonyl (C=O) groups excluding carboxylic acids is 1. The zero-order valence-corrected chi connectivity index (χ0v) is 15.4. The van der Waals surface area contributed by atoms with Gasteiger partial charge in [0.2, 0.25) is 5.91 Å². The van der Waals surface area contributed by atoms with Crippen molar-refractivity contribution < 1.29 is 4.79 Å². The minimum Gasteiger partial charge on any atom is -0.338 e. The van der Waals surface area contributed by atoms with Crippen molar-refractivity contribution in [1.82, 2.24) is 9.80 Å². The lowest BCUT2D eigenvalue weighted by atomic mass is 9.84. The number of rotatable bonds is 2. The van der Waals surface area contributed by atoms with E-state index in [-0.39, 0.29) is 5.54 Å². The van der Waals surface area contributed by atoms with Crippen molar-refractivity contribution in [3.63, 3.8) is 0 Å². The summed E-state index contributed by atoms with van der Waals surface area (Å²) in [6, 6.07) is 0.645. The van der Waals surface area contributed by atoms with Crippen LogP contribution < -0.4 is 0 Å². The average molecular weight is 309 g/mol. The van der Waals surface area contributed by atoms with Gasteiger partial charge >= 0.3 is 0 Å². The number of hydrogen-bond acceptors (Lipinski definition) is 2. The molecule has 0 radical (unpaired) electrons. The van der Waals surface area contributed by atoms with Crippen molar-refractivity contribution in [2.45, 2.75) is 84.7 Å². The lowest BCUT2D eigenvalue weighted by Gasteiger charge is -2.39. The predicted molar refractivity (Wildman–Crippen MR) is 92.9 cm³/mol. The third kappa shape index (κ3) is 4.47. The van der Waals surface area contributed by atoms with Gasteiger partial charge in [-0.1, -0.05) is 6.42 Å². The first-order valence-electron chi connectivity index (χ1n) is 9.33. The Hall–Kier alpha value is -0.570. The number of amides is 1. The standard InChI is InChI=1S/C19H36N2O/c1-15(2)20-12-7-6-9-16(13-20)17-10-8-11-18(22)21(14-17)19(3,4)5/h15-17H,6-14H2,1-5H3. The maximum atomic E-state index is 12.4. The van der Waals surface area contributed by atoms with Crippen LogP contribution in [-0.4, -0.2) is 46.9 Å². The van der Waals surface area contributed by atoms with Crippen LogP contribution in [0.2, 0.25) is 0 Å². The molecule has 0 aromatic heterocycles. The summed E-state index contributed by atoms with van der Waals surface area (Å²) >= 11 is 0. The molecule has 2 atom stereocenters. The highest BCUT2D eigenvalue weighted by Crippen LogP contribution is 2.33. The van der Waals surface area contributed by atoms with Crippen LogP contribution in [-0.2, 0) is 4.79 Å². The smallest absolute Gasteiger partial charge is 0.223 e. The van der Waals surface area contributed by atoms with E-state index >= 15 is 0 Å². The summed E-state index contributed by atoms with van der Waals surface area (Å²) in [7, 11) is 0. The summed E-state index contributed by atoms with van der Waals surface area (Å²) < 4.78 is 0. The van der Waals surface area contributed by atoms with E-state index in [1.54, 1.807) is 0 Å². The molecule has 2 rings (SSSR count). The maximum Gasteiger partial charge on any atom is 0.223 e. The Morgan fingerprint density at radius 1 is 1.00 bits per heavy atom. The second kappa shape index (κ2) is 7.33. The molecular formula is C19H36N2O. The predicted octanol–water partition coefficient (Wildman–Crippen LogP) is 3.92. The highest BCUT2D eigenvalue weighted by atomic mass is 16.2. The molecule has 2 aliphatic heterocycles. The lowest BCUT2D eigenvalue weighted by molar-refractivity contribution is -0.136. The van der Waals surface area contributed by atoms with Crippen LogP contribution in [0.25, 0.3) is 0 Å². The van der Waals surface area contributed by atoms with E-state index in [2.05, 4.69) is 44.4 Å². The second-order valence-corrected chi connectivity index (χ2v) is 8.67. The quantitative estimate of drug-likeness (QED) is 0.772. The summed E-state index contributed by atoms with van der Waals surface area (Å²) in [6.07, 6.45) is 7.09. The van der Waals surface area contributed by atoms with Gasteiger partial charge in [0.1, 0.15) is 0 Å². The van der Waals surface area contributed by atoms with E-state index in [1.807, 2.05) is 0 Å². The van der Waals surface area contributed by atoms with Gasteiger partial charge in [0.15, 0.2) is 0 Å². The monoisotopic (exact) mass is 308 g/mol. The van der Waals surface area contributed by atoms with Gasteiger partial charge in [-0.25, -0.2) is 0 Å². The topological polar surface area (TPSA) is 23.6 Å². The largest absolute Gasteiger partial charge is 0.338 e. The van der Waals surface area contributed by atoms with Crippen molar-refractivity contribution in [3.05, 3.63) is 0 Å². The van der Waals surface area contributed by atoms with Gasteiger partial charge in [-0.3, -0.25) is 4.79 Å². The average Bonchev–Trinajstić information content (AvgIpc) is 2.76. The van der Waals surface area contributed by atoms with Gasteiger partial charge in [-0.05, 0) is 78.7 Å². The van der Waals surface area contributed by atoms with Gasteiger partial charge in [0.25, 0.3) is 0 Å². The molecule has 2 saturated heterocycles. The van der Waals surface area contributed by atoms with Crippen molar-refractivity contribution >= 4 is 5.91 Å². The molecule has 128 valence electrons. The van der Waals surface area contributed by atoms with Gasteiger partial charge < -0.3 is 9.80 Å². The number of nitrogens with zero attached hydrogens (tertiary/aromatic N) is 2. The SMILES string of the molecule is CC(C)N1CCCCC(C2CCCC(=O)N(C(C)(C)C)C2)C1.